The Morgan fingerprint density at radius 1 is 0.435 bits per heavy atom. The molecular weight excluding hydrogens is 605 g/mol. The van der Waals surface area contributed by atoms with E-state index >= 15 is 0 Å². The predicted molar refractivity (Wildman–Crippen MR) is 188 cm³/mol. The quantitative estimate of drug-likeness (QED) is 0.100. The lowest BCUT2D eigenvalue weighted by Crippen LogP contribution is -1.91. The first-order valence-electron chi connectivity index (χ1n) is 14.9. The van der Waals surface area contributed by atoms with Gasteiger partial charge in [-0.2, -0.15) is 9.98 Å². The van der Waals surface area contributed by atoms with Crippen molar-refractivity contribution in [2.45, 2.75) is 22.6 Å². The maximum atomic E-state index is 11.2. The molecule has 0 aromatic heterocycles. The van der Waals surface area contributed by atoms with Gasteiger partial charge in [0.2, 0.25) is 12.2 Å². The third-order valence-corrected chi connectivity index (χ3v) is 11.2. The van der Waals surface area contributed by atoms with Gasteiger partial charge < -0.3 is 0 Å². The van der Waals surface area contributed by atoms with Crippen LogP contribution in [0, 0.1) is 0 Å². The second-order valence-electron chi connectivity index (χ2n) is 11.3. The van der Waals surface area contributed by atoms with E-state index in [0.717, 1.165) is 44.9 Å². The molecule has 6 heteroatoms. The van der Waals surface area contributed by atoms with Crippen molar-refractivity contribution in [1.82, 2.24) is 0 Å². The maximum Gasteiger partial charge on any atom is 0.240 e. The monoisotopic (exact) mass is 628 g/mol. The molecule has 0 radical (unpaired) electrons. The highest BCUT2D eigenvalue weighted by Gasteiger charge is 2.24. The van der Waals surface area contributed by atoms with Crippen molar-refractivity contribution in [2.75, 3.05) is 0 Å². The van der Waals surface area contributed by atoms with Gasteiger partial charge in [0.05, 0.1) is 11.4 Å². The van der Waals surface area contributed by atoms with Crippen LogP contribution in [-0.4, -0.2) is 12.2 Å². The highest BCUT2D eigenvalue weighted by molar-refractivity contribution is 8.76. The van der Waals surface area contributed by atoms with Gasteiger partial charge in [0.25, 0.3) is 0 Å². The number of carbonyl (C=O) groups excluding carboxylic acids is 2. The molecule has 8 rings (SSSR count). The molecule has 218 valence electrons. The molecule has 0 atom stereocenters. The number of benzene rings is 6. The lowest BCUT2D eigenvalue weighted by molar-refractivity contribution is 0.564. The number of hydrogen-bond acceptors (Lipinski definition) is 6. The van der Waals surface area contributed by atoms with Crippen molar-refractivity contribution in [3.63, 3.8) is 0 Å². The topological polar surface area (TPSA) is 58.9 Å². The Kier molecular flexibility index (Phi) is 7.34. The second kappa shape index (κ2) is 11.9. The van der Waals surface area contributed by atoms with Crippen molar-refractivity contribution in [3.8, 4) is 44.5 Å². The molecule has 0 saturated carbocycles. The van der Waals surface area contributed by atoms with E-state index in [0.29, 0.717) is 11.4 Å². The predicted octanol–water partition coefficient (Wildman–Crippen LogP) is 10.9. The minimum atomic E-state index is 0.552. The molecule has 0 saturated heterocycles. The smallest absolute Gasteiger partial charge is 0.211 e. The van der Waals surface area contributed by atoms with Crippen LogP contribution in [-0.2, 0) is 22.4 Å². The van der Waals surface area contributed by atoms with Crippen molar-refractivity contribution in [3.05, 3.63) is 144 Å². The minimum absolute atomic E-state index is 0.552. The van der Waals surface area contributed by atoms with Crippen molar-refractivity contribution >= 4 is 45.1 Å². The first-order chi connectivity index (χ1) is 22.7. The van der Waals surface area contributed by atoms with Crippen LogP contribution in [0.1, 0.15) is 22.3 Å². The minimum Gasteiger partial charge on any atom is -0.211 e. The molecule has 46 heavy (non-hydrogen) atoms. The summed E-state index contributed by atoms with van der Waals surface area (Å²) in [5.41, 5.74) is 15.9. The molecule has 2 aliphatic rings. The van der Waals surface area contributed by atoms with Crippen molar-refractivity contribution < 1.29 is 9.59 Å². The Bertz CT molecular complexity index is 2140. The Balaban J connectivity index is 1.21. The number of fused-ring (bicyclic) bond motifs is 6. The Hall–Kier alpha value is -5.22. The molecule has 0 fully saturated rings. The molecular formula is C40H24N2O2S2. The average Bonchev–Trinajstić information content (AvgIpc) is 3.67. The summed E-state index contributed by atoms with van der Waals surface area (Å²) in [5.74, 6) is 0. The van der Waals surface area contributed by atoms with E-state index in [1.54, 1.807) is 33.7 Å². The van der Waals surface area contributed by atoms with Gasteiger partial charge in [0, 0.05) is 9.79 Å². The Morgan fingerprint density at radius 2 is 0.826 bits per heavy atom. The number of rotatable bonds is 7. The molecule has 6 aromatic rings. The maximum absolute atomic E-state index is 11.2. The number of isocyanates is 2. The summed E-state index contributed by atoms with van der Waals surface area (Å²) in [5, 5.41) is 0. The standard InChI is InChI=1S/C40H24N2O2S2/c43-23-41-27-15-17-35(33-13-5-11-31-29-9-3-1-7-25(29)19-37(31)33)39(21-27)45-46-40-22-28(42-24-44)16-18-36(40)34-14-6-12-32-30-10-4-2-8-26(30)20-38(32)34/h1-18,21-22H,19-20H2. The first-order valence-corrected chi connectivity index (χ1v) is 17.1. The van der Waals surface area contributed by atoms with Crippen molar-refractivity contribution in [2.24, 2.45) is 9.98 Å². The third kappa shape index (κ3) is 4.95. The van der Waals surface area contributed by atoms with Gasteiger partial charge >= 0.3 is 0 Å². The molecule has 0 bridgehead atoms. The number of aliphatic imine (C=N–C) groups is 2. The summed E-state index contributed by atoms with van der Waals surface area (Å²) in [6.45, 7) is 0. The fourth-order valence-corrected chi connectivity index (χ4v) is 9.18. The van der Waals surface area contributed by atoms with E-state index < -0.39 is 0 Å². The van der Waals surface area contributed by atoms with Crippen LogP contribution in [0.15, 0.2) is 141 Å². The lowest BCUT2D eigenvalue weighted by atomic mass is 9.95. The molecule has 0 amide bonds. The van der Waals surface area contributed by atoms with Crippen LogP contribution < -0.4 is 0 Å². The molecule has 0 N–H and O–H groups in total. The van der Waals surface area contributed by atoms with Crippen LogP contribution in [0.5, 0.6) is 0 Å². The second-order valence-corrected chi connectivity index (χ2v) is 13.5. The highest BCUT2D eigenvalue weighted by Crippen LogP contribution is 2.51. The summed E-state index contributed by atoms with van der Waals surface area (Å²) in [6, 6.07) is 41.8. The van der Waals surface area contributed by atoms with Gasteiger partial charge in [0.15, 0.2) is 0 Å². The van der Waals surface area contributed by atoms with Gasteiger partial charge in [-0.15, -0.1) is 0 Å². The normalized spacial score (nSPS) is 11.9. The fraction of sp³-hybridized carbons (Fsp3) is 0.0500. The molecule has 2 aliphatic carbocycles. The zero-order valence-corrected chi connectivity index (χ0v) is 26.1. The largest absolute Gasteiger partial charge is 0.240 e. The molecule has 0 heterocycles. The summed E-state index contributed by atoms with van der Waals surface area (Å²) < 4.78 is 0. The molecule has 4 nitrogen and oxygen atoms in total. The van der Waals surface area contributed by atoms with Gasteiger partial charge in [-0.3, -0.25) is 0 Å². The van der Waals surface area contributed by atoms with Crippen LogP contribution in [0.25, 0.3) is 44.5 Å². The van der Waals surface area contributed by atoms with Gasteiger partial charge in [-0.05, 0) is 104 Å². The third-order valence-electron chi connectivity index (χ3n) is 8.78. The summed E-state index contributed by atoms with van der Waals surface area (Å²) in [6.07, 6.45) is 5.11. The Morgan fingerprint density at radius 3 is 1.26 bits per heavy atom. The zero-order chi connectivity index (χ0) is 31.0. The van der Waals surface area contributed by atoms with E-state index in [1.165, 1.54) is 44.5 Å². The lowest BCUT2D eigenvalue weighted by Gasteiger charge is -2.16. The van der Waals surface area contributed by atoms with E-state index in [2.05, 4.69) is 94.9 Å². The summed E-state index contributed by atoms with van der Waals surface area (Å²) in [4.78, 5) is 32.3. The van der Waals surface area contributed by atoms with Crippen LogP contribution >= 0.6 is 21.6 Å². The highest BCUT2D eigenvalue weighted by atomic mass is 33.1. The van der Waals surface area contributed by atoms with Crippen LogP contribution in [0.2, 0.25) is 0 Å². The summed E-state index contributed by atoms with van der Waals surface area (Å²) >= 11 is 0. The van der Waals surface area contributed by atoms with E-state index in [-0.39, 0.29) is 0 Å². The van der Waals surface area contributed by atoms with E-state index in [4.69, 9.17) is 0 Å². The van der Waals surface area contributed by atoms with Gasteiger partial charge in [0.1, 0.15) is 0 Å². The average molecular weight is 629 g/mol. The van der Waals surface area contributed by atoms with Crippen molar-refractivity contribution in [1.29, 1.82) is 0 Å². The van der Waals surface area contributed by atoms with E-state index in [1.807, 2.05) is 36.4 Å². The Labute approximate surface area is 274 Å². The van der Waals surface area contributed by atoms with Gasteiger partial charge in [-0.1, -0.05) is 119 Å². The first kappa shape index (κ1) is 28.3. The molecule has 6 aromatic carbocycles. The molecule has 0 aliphatic heterocycles. The SMILES string of the molecule is O=C=Nc1ccc(-c2cccc3c2Cc2ccccc2-3)c(SSc2cc(N=C=O)ccc2-c2cccc3c2Cc2ccccc2-3)c1. The number of nitrogens with zero attached hydrogens (tertiary/aromatic N) is 2. The molecule has 0 spiro atoms. The van der Waals surface area contributed by atoms with E-state index in [9.17, 15) is 9.59 Å². The zero-order valence-electron chi connectivity index (χ0n) is 24.5. The van der Waals surface area contributed by atoms with Crippen LogP contribution in [0.3, 0.4) is 0 Å². The fourth-order valence-electron chi connectivity index (χ4n) is 6.76. The molecule has 0 unspecified atom stereocenters. The summed E-state index contributed by atoms with van der Waals surface area (Å²) in [7, 11) is 3.21. The van der Waals surface area contributed by atoms with Crippen LogP contribution in [0.4, 0.5) is 11.4 Å². The number of hydrogen-bond donors (Lipinski definition) is 0. The van der Waals surface area contributed by atoms with Gasteiger partial charge in [-0.25, -0.2) is 9.59 Å².